The van der Waals surface area contributed by atoms with Crippen molar-refractivity contribution in [2.24, 2.45) is 11.1 Å². The maximum absolute atomic E-state index is 5.54. The summed E-state index contributed by atoms with van der Waals surface area (Å²) in [5.41, 5.74) is 7.01. The van der Waals surface area contributed by atoms with Crippen molar-refractivity contribution in [3.05, 3.63) is 29.7 Å². The highest BCUT2D eigenvalue weighted by molar-refractivity contribution is 5.46. The zero-order valence-electron chi connectivity index (χ0n) is 12.3. The van der Waals surface area contributed by atoms with E-state index in [9.17, 15) is 0 Å². The number of hydrogen-bond acceptors (Lipinski definition) is 6. The number of hydrogen-bond donors (Lipinski definition) is 1. The van der Waals surface area contributed by atoms with E-state index in [1.165, 1.54) is 0 Å². The van der Waals surface area contributed by atoms with Crippen LogP contribution in [-0.4, -0.2) is 22.2 Å². The van der Waals surface area contributed by atoms with Crippen molar-refractivity contribution >= 4 is 0 Å². The van der Waals surface area contributed by atoms with Crippen LogP contribution in [-0.2, 0) is 11.3 Å². The molecule has 0 spiro atoms. The molecule has 0 saturated carbocycles. The van der Waals surface area contributed by atoms with Gasteiger partial charge in [0.1, 0.15) is 11.8 Å². The molecule has 2 rings (SSSR count). The maximum atomic E-state index is 5.54. The van der Waals surface area contributed by atoms with E-state index in [0.717, 1.165) is 5.56 Å². The number of nitrogens with two attached hydrogens (primary N) is 1. The lowest BCUT2D eigenvalue weighted by molar-refractivity contribution is 0.00718. The van der Waals surface area contributed by atoms with Crippen LogP contribution in [0.5, 0.6) is 0 Å². The summed E-state index contributed by atoms with van der Waals surface area (Å²) in [6, 6.07) is 3.71. The lowest BCUT2D eigenvalue weighted by atomic mass is 9.88. The van der Waals surface area contributed by atoms with Crippen LogP contribution < -0.4 is 5.73 Å². The fourth-order valence-electron chi connectivity index (χ4n) is 1.96. The van der Waals surface area contributed by atoms with Crippen LogP contribution >= 0.6 is 0 Å². The van der Waals surface area contributed by atoms with Crippen molar-refractivity contribution in [2.75, 3.05) is 7.11 Å². The second-order valence-electron chi connectivity index (χ2n) is 5.70. The summed E-state index contributed by atoms with van der Waals surface area (Å²) in [6.07, 6.45) is 1.47. The van der Waals surface area contributed by atoms with Crippen molar-refractivity contribution in [1.29, 1.82) is 0 Å². The molecule has 2 aromatic rings. The molecular weight excluding hydrogens is 256 g/mol. The smallest absolute Gasteiger partial charge is 0.276 e. The molecule has 6 nitrogen and oxygen atoms in total. The van der Waals surface area contributed by atoms with E-state index >= 15 is 0 Å². The van der Waals surface area contributed by atoms with E-state index in [-0.39, 0.29) is 11.5 Å². The molecular formula is C14H20N4O2. The number of pyridine rings is 1. The quantitative estimate of drug-likeness (QED) is 0.922. The van der Waals surface area contributed by atoms with Crippen molar-refractivity contribution in [2.45, 2.75) is 33.4 Å². The van der Waals surface area contributed by atoms with Crippen LogP contribution in [0.3, 0.4) is 0 Å². The highest BCUT2D eigenvalue weighted by Gasteiger charge is 2.30. The van der Waals surface area contributed by atoms with Gasteiger partial charge in [-0.2, -0.15) is 4.98 Å². The van der Waals surface area contributed by atoms with Gasteiger partial charge >= 0.3 is 0 Å². The molecule has 0 fully saturated rings. The van der Waals surface area contributed by atoms with Crippen LogP contribution in [0.1, 0.15) is 38.3 Å². The Bertz CT molecular complexity index is 557. The summed E-state index contributed by atoms with van der Waals surface area (Å²) >= 11 is 0. The first kappa shape index (κ1) is 14.6. The van der Waals surface area contributed by atoms with E-state index in [2.05, 4.69) is 35.9 Å². The molecule has 0 saturated heterocycles. The second-order valence-corrected chi connectivity index (χ2v) is 5.70. The Morgan fingerprint density at radius 2 is 2.10 bits per heavy atom. The Balaban J connectivity index is 2.27. The van der Waals surface area contributed by atoms with Gasteiger partial charge in [0.15, 0.2) is 0 Å². The number of ether oxygens (including phenoxy) is 1. The maximum Gasteiger partial charge on any atom is 0.276 e. The average Bonchev–Trinajstić information content (AvgIpc) is 2.87. The van der Waals surface area contributed by atoms with Crippen LogP contribution in [0.15, 0.2) is 22.9 Å². The van der Waals surface area contributed by atoms with Gasteiger partial charge in [-0.05, 0) is 17.0 Å². The zero-order chi connectivity index (χ0) is 14.8. The largest absolute Gasteiger partial charge is 0.373 e. The molecule has 0 aliphatic rings. The molecule has 0 aliphatic heterocycles. The second kappa shape index (κ2) is 5.68. The highest BCUT2D eigenvalue weighted by Crippen LogP contribution is 2.34. The molecule has 0 aromatic carbocycles. The molecule has 0 bridgehead atoms. The molecule has 0 aliphatic carbocycles. The molecule has 108 valence electrons. The average molecular weight is 276 g/mol. The van der Waals surface area contributed by atoms with Crippen molar-refractivity contribution in [1.82, 2.24) is 15.1 Å². The molecule has 0 radical (unpaired) electrons. The minimum atomic E-state index is -0.233. The highest BCUT2D eigenvalue weighted by atomic mass is 16.5. The summed E-state index contributed by atoms with van der Waals surface area (Å²) in [6.45, 7) is 6.64. The third-order valence-corrected chi connectivity index (χ3v) is 2.98. The Morgan fingerprint density at radius 3 is 2.60 bits per heavy atom. The van der Waals surface area contributed by atoms with E-state index < -0.39 is 0 Å². The summed E-state index contributed by atoms with van der Waals surface area (Å²) in [5, 5.41) is 4.00. The van der Waals surface area contributed by atoms with Gasteiger partial charge in [-0.1, -0.05) is 32.0 Å². The molecule has 2 N–H and O–H groups in total. The predicted octanol–water partition coefficient (Wildman–Crippen LogP) is 2.32. The van der Waals surface area contributed by atoms with Crippen LogP contribution in [0.2, 0.25) is 0 Å². The van der Waals surface area contributed by atoms with E-state index in [0.29, 0.717) is 24.0 Å². The Labute approximate surface area is 118 Å². The number of aromatic nitrogens is 3. The number of nitrogens with zero attached hydrogens (tertiary/aromatic N) is 3. The summed E-state index contributed by atoms with van der Waals surface area (Å²) in [5.74, 6) is 0.912. The molecule has 1 atom stereocenters. The van der Waals surface area contributed by atoms with Crippen LogP contribution in [0.25, 0.3) is 11.6 Å². The minimum Gasteiger partial charge on any atom is -0.373 e. The normalized spacial score (nSPS) is 13.4. The first-order chi connectivity index (χ1) is 9.45. The molecule has 1 unspecified atom stereocenters. The SMILES string of the molecule is COC(c1noc(-c2ccc(CN)cn2)n1)C(C)(C)C. The van der Waals surface area contributed by atoms with Gasteiger partial charge in [0.25, 0.3) is 5.89 Å². The predicted molar refractivity (Wildman–Crippen MR) is 74.6 cm³/mol. The monoisotopic (exact) mass is 276 g/mol. The number of rotatable bonds is 4. The van der Waals surface area contributed by atoms with Crippen molar-refractivity contribution in [3.8, 4) is 11.6 Å². The Hall–Kier alpha value is -1.79. The third kappa shape index (κ3) is 3.02. The summed E-state index contributed by atoms with van der Waals surface area (Å²) in [7, 11) is 1.64. The van der Waals surface area contributed by atoms with E-state index in [1.807, 2.05) is 12.1 Å². The van der Waals surface area contributed by atoms with Gasteiger partial charge in [0.05, 0.1) is 0 Å². The standard InChI is InChI=1S/C14H20N4O2/c1-14(2,3)11(19-4)12-17-13(20-18-12)10-6-5-9(7-15)8-16-10/h5-6,8,11H,7,15H2,1-4H3. The van der Waals surface area contributed by atoms with Crippen molar-refractivity contribution in [3.63, 3.8) is 0 Å². The van der Waals surface area contributed by atoms with Crippen molar-refractivity contribution < 1.29 is 9.26 Å². The van der Waals surface area contributed by atoms with Gasteiger partial charge < -0.3 is 15.0 Å². The zero-order valence-corrected chi connectivity index (χ0v) is 12.3. The Morgan fingerprint density at radius 1 is 1.35 bits per heavy atom. The molecule has 20 heavy (non-hydrogen) atoms. The van der Waals surface area contributed by atoms with E-state index in [4.69, 9.17) is 15.0 Å². The fraction of sp³-hybridized carbons (Fsp3) is 0.500. The molecule has 0 amide bonds. The van der Waals surface area contributed by atoms with Gasteiger partial charge in [-0.15, -0.1) is 0 Å². The number of methoxy groups -OCH3 is 1. The summed E-state index contributed by atoms with van der Waals surface area (Å²) in [4.78, 5) is 8.64. The molecule has 6 heteroatoms. The van der Waals surface area contributed by atoms with Gasteiger partial charge in [-0.3, -0.25) is 4.98 Å². The minimum absolute atomic E-state index is 0.118. The Kier molecular flexibility index (Phi) is 4.15. The topological polar surface area (TPSA) is 87.1 Å². The first-order valence-corrected chi connectivity index (χ1v) is 6.47. The molecule has 2 aromatic heterocycles. The van der Waals surface area contributed by atoms with Crippen LogP contribution in [0, 0.1) is 5.41 Å². The molecule has 2 heterocycles. The third-order valence-electron chi connectivity index (χ3n) is 2.98. The van der Waals surface area contributed by atoms with E-state index in [1.54, 1.807) is 13.3 Å². The van der Waals surface area contributed by atoms with Gasteiger partial charge in [0.2, 0.25) is 5.82 Å². The van der Waals surface area contributed by atoms with Gasteiger partial charge in [-0.25, -0.2) is 0 Å². The summed E-state index contributed by atoms with van der Waals surface area (Å²) < 4.78 is 10.7. The lowest BCUT2D eigenvalue weighted by Gasteiger charge is -2.26. The van der Waals surface area contributed by atoms with Gasteiger partial charge in [0, 0.05) is 19.9 Å². The van der Waals surface area contributed by atoms with Crippen LogP contribution in [0.4, 0.5) is 0 Å². The first-order valence-electron chi connectivity index (χ1n) is 6.47. The fourth-order valence-corrected chi connectivity index (χ4v) is 1.96. The lowest BCUT2D eigenvalue weighted by Crippen LogP contribution is -2.21.